The Kier molecular flexibility index (Phi) is 4.92. The van der Waals surface area contributed by atoms with E-state index >= 15 is 0 Å². The van der Waals surface area contributed by atoms with E-state index < -0.39 is 11.6 Å². The van der Waals surface area contributed by atoms with Crippen LogP contribution in [0, 0.1) is 5.92 Å². The van der Waals surface area contributed by atoms with Crippen molar-refractivity contribution >= 4 is 17.6 Å². The molecule has 1 aromatic carbocycles. The minimum atomic E-state index is -1.57. The third-order valence-electron chi connectivity index (χ3n) is 5.57. The highest BCUT2D eigenvalue weighted by atomic mass is 35.5. The molecule has 0 bridgehead atoms. The number of rotatable bonds is 4. The van der Waals surface area contributed by atoms with Crippen molar-refractivity contribution in [2.75, 3.05) is 27.2 Å². The van der Waals surface area contributed by atoms with Crippen LogP contribution >= 0.6 is 11.6 Å². The lowest BCUT2D eigenvalue weighted by Crippen LogP contribution is -2.46. The highest BCUT2D eigenvalue weighted by molar-refractivity contribution is 6.30. The van der Waals surface area contributed by atoms with E-state index in [0.717, 1.165) is 49.7 Å². The number of carbonyl (C=O) groups is 1. The number of nitrogens with zero attached hydrogens (tertiary/aromatic N) is 1. The maximum Gasteiger partial charge on any atom is 0.343 e. The maximum atomic E-state index is 13.0. The summed E-state index contributed by atoms with van der Waals surface area (Å²) in [5.74, 6) is -0.585. The Bertz CT molecular complexity index is 595. The number of ether oxygens (including phenoxy) is 1. The number of benzene rings is 1. The molecule has 5 heteroatoms. The Morgan fingerprint density at radius 1 is 1.21 bits per heavy atom. The molecule has 24 heavy (non-hydrogen) atoms. The summed E-state index contributed by atoms with van der Waals surface area (Å²) in [6, 6.07) is 6.94. The van der Waals surface area contributed by atoms with Gasteiger partial charge in [-0.15, -0.1) is 0 Å². The zero-order chi connectivity index (χ0) is 17.4. The molecule has 0 spiro atoms. The highest BCUT2D eigenvalue weighted by Crippen LogP contribution is 2.42. The van der Waals surface area contributed by atoms with Crippen molar-refractivity contribution in [3.05, 3.63) is 34.9 Å². The van der Waals surface area contributed by atoms with Gasteiger partial charge in [-0.25, -0.2) is 4.79 Å². The van der Waals surface area contributed by atoms with E-state index in [-0.39, 0.29) is 12.0 Å². The Balaban J connectivity index is 1.84. The molecule has 0 radical (unpaired) electrons. The topological polar surface area (TPSA) is 46.5 Å². The maximum absolute atomic E-state index is 13.0. The molecule has 2 atom stereocenters. The minimum absolute atomic E-state index is 0.0879. The van der Waals surface area contributed by atoms with Gasteiger partial charge < -0.3 is 14.3 Å². The first-order valence-electron chi connectivity index (χ1n) is 8.83. The number of carbonyl (C=O) groups excluding carboxylic acids is 1. The average Bonchev–Trinajstić information content (AvgIpc) is 3.17. The van der Waals surface area contributed by atoms with Crippen LogP contribution in [0.25, 0.3) is 0 Å². The van der Waals surface area contributed by atoms with Gasteiger partial charge in [0, 0.05) is 17.4 Å². The summed E-state index contributed by atoms with van der Waals surface area (Å²) >= 11 is 5.97. The van der Waals surface area contributed by atoms with Crippen LogP contribution in [0.1, 0.15) is 37.7 Å². The van der Waals surface area contributed by atoms with Crippen molar-refractivity contribution < 1.29 is 19.1 Å². The van der Waals surface area contributed by atoms with Gasteiger partial charge in [-0.3, -0.25) is 0 Å². The molecule has 0 aromatic heterocycles. The largest absolute Gasteiger partial charge is 0.454 e. The number of hydrogen-bond acceptors (Lipinski definition) is 3. The Morgan fingerprint density at radius 3 is 2.38 bits per heavy atom. The molecule has 1 saturated carbocycles. The fourth-order valence-electron chi connectivity index (χ4n) is 4.13. The molecule has 2 fully saturated rings. The summed E-state index contributed by atoms with van der Waals surface area (Å²) < 4.78 is 6.62. The Morgan fingerprint density at radius 2 is 1.83 bits per heavy atom. The lowest BCUT2D eigenvalue weighted by molar-refractivity contribution is -0.879. The molecule has 1 saturated heterocycles. The van der Waals surface area contributed by atoms with Crippen LogP contribution < -0.4 is 0 Å². The van der Waals surface area contributed by atoms with Gasteiger partial charge in [-0.2, -0.15) is 0 Å². The zero-order valence-corrected chi connectivity index (χ0v) is 15.3. The van der Waals surface area contributed by atoms with Crippen LogP contribution in [0.4, 0.5) is 0 Å². The molecule has 1 aliphatic heterocycles. The zero-order valence-electron chi connectivity index (χ0n) is 14.5. The van der Waals surface area contributed by atoms with E-state index in [1.807, 2.05) is 0 Å². The van der Waals surface area contributed by atoms with Crippen molar-refractivity contribution in [2.24, 2.45) is 5.92 Å². The SMILES string of the molecule is C[N+]1(C)CC[C@H](OC(=O)[C@](O)(c2ccc(Cl)cc2)C2CCCC2)C1. The summed E-state index contributed by atoms with van der Waals surface area (Å²) in [7, 11) is 4.27. The molecule has 1 aromatic rings. The number of likely N-dealkylation sites (N-methyl/N-ethyl adjacent to an activating group) is 1. The number of halogens is 1. The van der Waals surface area contributed by atoms with Gasteiger partial charge in [-0.05, 0) is 30.5 Å². The van der Waals surface area contributed by atoms with E-state index in [1.54, 1.807) is 24.3 Å². The first-order chi connectivity index (χ1) is 11.3. The fourth-order valence-corrected chi connectivity index (χ4v) is 4.26. The molecule has 132 valence electrons. The molecular formula is C19H27ClNO3+. The van der Waals surface area contributed by atoms with E-state index in [2.05, 4.69) is 14.1 Å². The number of likely N-dealkylation sites (tertiary alicyclic amines) is 1. The molecule has 1 N–H and O–H groups in total. The highest BCUT2D eigenvalue weighted by Gasteiger charge is 2.49. The molecule has 0 unspecified atom stereocenters. The summed E-state index contributed by atoms with van der Waals surface area (Å²) in [6.07, 6.45) is 4.51. The Hall–Kier alpha value is -1.10. The lowest BCUT2D eigenvalue weighted by Gasteiger charge is -2.33. The van der Waals surface area contributed by atoms with Crippen molar-refractivity contribution in [3.8, 4) is 0 Å². The second-order valence-electron chi connectivity index (χ2n) is 7.91. The van der Waals surface area contributed by atoms with Crippen LogP contribution in [0.3, 0.4) is 0 Å². The number of quaternary nitrogens is 1. The predicted octanol–water partition coefficient (Wildman–Crippen LogP) is 3.11. The molecule has 2 aliphatic rings. The monoisotopic (exact) mass is 352 g/mol. The summed E-state index contributed by atoms with van der Waals surface area (Å²) in [4.78, 5) is 13.0. The van der Waals surface area contributed by atoms with E-state index in [9.17, 15) is 9.90 Å². The van der Waals surface area contributed by atoms with Crippen molar-refractivity contribution in [1.29, 1.82) is 0 Å². The molecule has 3 rings (SSSR count). The fraction of sp³-hybridized carbons (Fsp3) is 0.632. The standard InChI is InChI=1S/C19H27ClNO3/c1-21(2)12-11-17(13-21)24-18(22)19(23,14-5-3-4-6-14)15-7-9-16(20)10-8-15/h7-10,14,17,23H,3-6,11-13H2,1-2H3/q+1/t17-,19+/m0/s1. The molecule has 0 amide bonds. The van der Waals surface area contributed by atoms with Crippen molar-refractivity contribution in [2.45, 2.75) is 43.8 Å². The van der Waals surface area contributed by atoms with Gasteiger partial charge in [0.25, 0.3) is 0 Å². The second kappa shape index (κ2) is 6.66. The van der Waals surface area contributed by atoms with Gasteiger partial charge in [-0.1, -0.05) is 36.6 Å². The van der Waals surface area contributed by atoms with Crippen molar-refractivity contribution in [1.82, 2.24) is 0 Å². The molecular weight excluding hydrogens is 326 g/mol. The number of hydrogen-bond donors (Lipinski definition) is 1. The van der Waals surface area contributed by atoms with Crippen LogP contribution in [0.2, 0.25) is 5.02 Å². The third-order valence-corrected chi connectivity index (χ3v) is 5.82. The average molecular weight is 353 g/mol. The molecule has 1 heterocycles. The lowest BCUT2D eigenvalue weighted by atomic mass is 9.80. The van der Waals surface area contributed by atoms with Crippen LogP contribution in [0.15, 0.2) is 24.3 Å². The van der Waals surface area contributed by atoms with Crippen LogP contribution in [-0.4, -0.2) is 48.8 Å². The van der Waals surface area contributed by atoms with Gasteiger partial charge in [0.2, 0.25) is 0 Å². The predicted molar refractivity (Wildman–Crippen MR) is 93.6 cm³/mol. The van der Waals surface area contributed by atoms with Crippen LogP contribution in [-0.2, 0) is 15.1 Å². The van der Waals surface area contributed by atoms with Gasteiger partial charge in [0.05, 0.1) is 20.6 Å². The molecule has 4 nitrogen and oxygen atoms in total. The van der Waals surface area contributed by atoms with Crippen molar-refractivity contribution in [3.63, 3.8) is 0 Å². The minimum Gasteiger partial charge on any atom is -0.454 e. The Labute approximate surface area is 149 Å². The summed E-state index contributed by atoms with van der Waals surface area (Å²) in [5, 5.41) is 12.0. The normalized spacial score (nSPS) is 26.2. The number of aliphatic hydroxyl groups is 1. The van der Waals surface area contributed by atoms with Gasteiger partial charge in [0.1, 0.15) is 6.54 Å². The van der Waals surface area contributed by atoms with E-state index in [1.165, 1.54) is 0 Å². The van der Waals surface area contributed by atoms with E-state index in [4.69, 9.17) is 16.3 Å². The van der Waals surface area contributed by atoms with Gasteiger partial charge in [0.15, 0.2) is 11.7 Å². The molecule has 1 aliphatic carbocycles. The second-order valence-corrected chi connectivity index (χ2v) is 8.35. The smallest absolute Gasteiger partial charge is 0.343 e. The summed E-state index contributed by atoms with van der Waals surface area (Å²) in [6.45, 7) is 1.79. The third kappa shape index (κ3) is 3.46. The first-order valence-corrected chi connectivity index (χ1v) is 9.20. The summed E-state index contributed by atoms with van der Waals surface area (Å²) in [5.41, 5.74) is -0.976. The van der Waals surface area contributed by atoms with Gasteiger partial charge >= 0.3 is 5.97 Å². The van der Waals surface area contributed by atoms with E-state index in [0.29, 0.717) is 10.6 Å². The number of esters is 1. The van der Waals surface area contributed by atoms with Crippen LogP contribution in [0.5, 0.6) is 0 Å². The quantitative estimate of drug-likeness (QED) is 0.669. The first kappa shape index (κ1) is 17.7.